The van der Waals surface area contributed by atoms with Gasteiger partial charge in [-0.1, -0.05) is 11.6 Å². The van der Waals surface area contributed by atoms with Crippen LogP contribution < -0.4 is 14.2 Å². The maximum atomic E-state index is 9.26. The summed E-state index contributed by atoms with van der Waals surface area (Å²) in [5, 5.41) is 18.7. The molecule has 17 heteroatoms. The van der Waals surface area contributed by atoms with Crippen molar-refractivity contribution >= 4 is 102 Å². The van der Waals surface area contributed by atoms with E-state index in [1.54, 1.807) is 64.4 Å². The highest BCUT2D eigenvalue weighted by molar-refractivity contribution is 14.1. The van der Waals surface area contributed by atoms with Crippen molar-refractivity contribution in [2.75, 3.05) is 34.9 Å². The maximum absolute atomic E-state index is 9.26. The Morgan fingerprint density at radius 3 is 1.57 bits per heavy atom. The molecular formula is C34H38ClI4N5O7. The predicted molar refractivity (Wildman–Crippen MR) is 231 cm³/mol. The van der Waals surface area contributed by atoms with Crippen LogP contribution in [0.2, 0.25) is 5.02 Å². The molecule has 276 valence electrons. The van der Waals surface area contributed by atoms with Crippen LogP contribution in [0, 0.1) is 42.5 Å². The zero-order chi connectivity index (χ0) is 38.3. The lowest BCUT2D eigenvalue weighted by Crippen LogP contribution is -2.00. The van der Waals surface area contributed by atoms with Crippen molar-refractivity contribution in [3.8, 4) is 28.7 Å². The van der Waals surface area contributed by atoms with Gasteiger partial charge in [0.05, 0.1) is 30.7 Å². The fraction of sp³-hybridized carbons (Fsp3) is 0.265. The minimum atomic E-state index is 0.186. The van der Waals surface area contributed by atoms with Gasteiger partial charge in [-0.15, -0.1) is 0 Å². The number of hydrogen-bond donors (Lipinski definition) is 2. The number of aromatic nitrogens is 5. The quantitative estimate of drug-likeness (QED) is 0.0909. The van der Waals surface area contributed by atoms with Gasteiger partial charge in [-0.2, -0.15) is 0 Å². The first-order valence-corrected chi connectivity index (χ1v) is 19.2. The normalized spacial score (nSPS) is 9.65. The SMILES string of the molecule is COCOc1cnccc1C.COCOc1cnccc1Cl.COc1c(C)cc(I)nc1I.Cc1cc(I)nc(I)c1O.Cc1ccncc1O. The molecule has 5 aromatic rings. The summed E-state index contributed by atoms with van der Waals surface area (Å²) in [6.45, 7) is 8.13. The molecule has 0 aliphatic heterocycles. The van der Waals surface area contributed by atoms with Crippen LogP contribution in [-0.4, -0.2) is 70.0 Å². The monoisotopic (exact) mass is 1170 g/mol. The van der Waals surface area contributed by atoms with E-state index in [0.717, 1.165) is 44.9 Å². The van der Waals surface area contributed by atoms with E-state index in [1.807, 2.05) is 68.5 Å². The minimum Gasteiger partial charge on any atom is -0.506 e. The molecule has 0 unspecified atom stereocenters. The topological polar surface area (TPSA) is 151 Å². The number of halogens is 5. The van der Waals surface area contributed by atoms with Gasteiger partial charge in [0.1, 0.15) is 32.1 Å². The molecule has 0 amide bonds. The van der Waals surface area contributed by atoms with Gasteiger partial charge in [0.25, 0.3) is 0 Å². The highest BCUT2D eigenvalue weighted by Gasteiger charge is 2.06. The second-order valence-corrected chi connectivity index (χ2v) is 14.4. The Bertz CT molecular complexity index is 1660. The van der Waals surface area contributed by atoms with Crippen molar-refractivity contribution in [3.05, 3.63) is 110 Å². The molecule has 0 aromatic carbocycles. The number of ether oxygens (including phenoxy) is 5. The Kier molecular flexibility index (Phi) is 24.5. The predicted octanol–water partition coefficient (Wildman–Crippen LogP) is 9.10. The summed E-state index contributed by atoms with van der Waals surface area (Å²) in [5.41, 5.74) is 3.94. The van der Waals surface area contributed by atoms with Crippen LogP contribution in [0.25, 0.3) is 0 Å². The van der Waals surface area contributed by atoms with Gasteiger partial charge in [0.15, 0.2) is 25.1 Å². The van der Waals surface area contributed by atoms with Crippen molar-refractivity contribution in [3.63, 3.8) is 0 Å². The second kappa shape index (κ2) is 26.6. The van der Waals surface area contributed by atoms with Crippen LogP contribution in [0.1, 0.15) is 22.3 Å². The molecule has 5 heterocycles. The van der Waals surface area contributed by atoms with E-state index in [1.165, 1.54) is 6.20 Å². The minimum absolute atomic E-state index is 0.186. The van der Waals surface area contributed by atoms with Gasteiger partial charge in [-0.05, 0) is 171 Å². The van der Waals surface area contributed by atoms with E-state index in [9.17, 15) is 5.11 Å². The summed E-state index contributed by atoms with van der Waals surface area (Å²) in [6.07, 6.45) is 9.62. The number of aryl methyl sites for hydroxylation is 4. The standard InChI is InChI=1S/C8H11NO2.C7H8ClNO2.C7H7I2NO.C6H5I2NO.C6H7NO/c1-7-3-4-9-5-8(7)11-6-10-2;1-10-5-11-7-4-9-3-2-6(7)8;1-4-3-5(8)10-7(9)6(4)11-2;1-3-2-4(7)9-6(8)5(3)10;1-5-2-3-7-4-6(5)8/h3-5H,6H2,1-2H3;2-4H,5H2,1H3;3H,1-2H3;2,10H,1H3;2-4,8H,1H3. The van der Waals surface area contributed by atoms with Gasteiger partial charge >= 0.3 is 0 Å². The second-order valence-electron chi connectivity index (χ2n) is 9.70. The number of pyridine rings is 5. The molecular weight excluding hydrogens is 1130 g/mol. The number of methoxy groups -OCH3 is 3. The van der Waals surface area contributed by atoms with Crippen molar-refractivity contribution in [1.29, 1.82) is 0 Å². The molecule has 0 radical (unpaired) electrons. The molecule has 0 bridgehead atoms. The van der Waals surface area contributed by atoms with Crippen molar-refractivity contribution < 1.29 is 33.9 Å². The third-order valence-corrected chi connectivity index (χ3v) is 8.70. The van der Waals surface area contributed by atoms with Gasteiger partial charge in [-0.25, -0.2) is 9.97 Å². The first-order valence-electron chi connectivity index (χ1n) is 14.5. The molecule has 0 saturated carbocycles. The summed E-state index contributed by atoms with van der Waals surface area (Å²) >= 11 is 14.2. The molecule has 5 rings (SSSR count). The lowest BCUT2D eigenvalue weighted by Gasteiger charge is -2.05. The molecule has 51 heavy (non-hydrogen) atoms. The lowest BCUT2D eigenvalue weighted by molar-refractivity contribution is 0.0503. The maximum Gasteiger partial charge on any atom is 0.188 e. The van der Waals surface area contributed by atoms with Crippen LogP contribution >= 0.6 is 102 Å². The molecule has 0 spiro atoms. The zero-order valence-corrected chi connectivity index (χ0v) is 38.2. The highest BCUT2D eigenvalue weighted by atomic mass is 127. The number of rotatable bonds is 7. The molecule has 0 atom stereocenters. The largest absolute Gasteiger partial charge is 0.506 e. The molecule has 0 aliphatic rings. The van der Waals surface area contributed by atoms with Crippen molar-refractivity contribution in [1.82, 2.24) is 24.9 Å². The van der Waals surface area contributed by atoms with E-state index >= 15 is 0 Å². The number of hydrogen-bond acceptors (Lipinski definition) is 12. The van der Waals surface area contributed by atoms with E-state index in [2.05, 4.69) is 92.7 Å². The van der Waals surface area contributed by atoms with E-state index < -0.39 is 0 Å². The van der Waals surface area contributed by atoms with Crippen LogP contribution in [-0.2, 0) is 9.47 Å². The highest BCUT2D eigenvalue weighted by Crippen LogP contribution is 2.25. The van der Waals surface area contributed by atoms with Gasteiger partial charge < -0.3 is 33.9 Å². The van der Waals surface area contributed by atoms with E-state index in [-0.39, 0.29) is 19.3 Å². The Morgan fingerprint density at radius 2 is 1.12 bits per heavy atom. The average Bonchev–Trinajstić information content (AvgIpc) is 3.09. The van der Waals surface area contributed by atoms with Crippen LogP contribution in [0.4, 0.5) is 0 Å². The first-order chi connectivity index (χ1) is 24.2. The van der Waals surface area contributed by atoms with Crippen molar-refractivity contribution in [2.45, 2.75) is 27.7 Å². The van der Waals surface area contributed by atoms with Gasteiger partial charge in [-0.3, -0.25) is 15.0 Å². The molecule has 0 saturated heterocycles. The summed E-state index contributed by atoms with van der Waals surface area (Å²) in [4.78, 5) is 19.8. The first kappa shape index (κ1) is 46.9. The Balaban J connectivity index is 0.000000320. The summed E-state index contributed by atoms with van der Waals surface area (Å²) in [5.74, 6) is 2.74. The van der Waals surface area contributed by atoms with Crippen molar-refractivity contribution in [2.24, 2.45) is 0 Å². The van der Waals surface area contributed by atoms with Crippen LogP contribution in [0.15, 0.2) is 67.5 Å². The van der Waals surface area contributed by atoms with Crippen LogP contribution in [0.5, 0.6) is 28.7 Å². The van der Waals surface area contributed by atoms with Gasteiger partial charge in [0, 0.05) is 32.8 Å². The molecule has 0 fully saturated rings. The van der Waals surface area contributed by atoms with E-state index in [0.29, 0.717) is 20.2 Å². The molecule has 12 nitrogen and oxygen atoms in total. The molecule has 5 aromatic heterocycles. The number of aromatic hydroxyl groups is 2. The fourth-order valence-electron chi connectivity index (χ4n) is 3.19. The fourth-order valence-corrected chi connectivity index (χ4v) is 7.28. The Morgan fingerprint density at radius 1 is 0.627 bits per heavy atom. The summed E-state index contributed by atoms with van der Waals surface area (Å²) in [6, 6.07) is 9.16. The lowest BCUT2D eigenvalue weighted by atomic mass is 10.3. The van der Waals surface area contributed by atoms with E-state index in [4.69, 9.17) is 40.4 Å². The zero-order valence-electron chi connectivity index (χ0n) is 28.8. The summed E-state index contributed by atoms with van der Waals surface area (Å²) in [7, 11) is 4.80. The molecule has 0 aliphatic carbocycles. The molecule has 2 N–H and O–H groups in total. The van der Waals surface area contributed by atoms with Gasteiger partial charge in [0.2, 0.25) is 0 Å². The Labute approximate surface area is 358 Å². The third-order valence-electron chi connectivity index (χ3n) is 5.80. The summed E-state index contributed by atoms with van der Waals surface area (Å²) < 4.78 is 28.4. The average molecular weight is 1170 g/mol. The number of nitrogens with zero attached hydrogens (tertiary/aromatic N) is 5. The smallest absolute Gasteiger partial charge is 0.188 e. The third kappa shape index (κ3) is 19.0. The van der Waals surface area contributed by atoms with Crippen LogP contribution in [0.3, 0.4) is 0 Å². The Hall–Kier alpha value is -2.12.